The summed E-state index contributed by atoms with van der Waals surface area (Å²) >= 11 is 0. The average Bonchev–Trinajstić information content (AvgIpc) is 2.70. The topological polar surface area (TPSA) is 136 Å². The Bertz CT molecular complexity index is 643. The van der Waals surface area contributed by atoms with Crippen molar-refractivity contribution >= 4 is 11.9 Å². The van der Waals surface area contributed by atoms with Gasteiger partial charge in [-0.2, -0.15) is 0 Å². The summed E-state index contributed by atoms with van der Waals surface area (Å²) in [5.41, 5.74) is 2.12. The number of carboxylic acid groups (broad SMARTS) is 2. The van der Waals surface area contributed by atoms with Gasteiger partial charge in [0.2, 0.25) is 0 Å². The molecule has 0 fully saturated rings. The maximum atomic E-state index is 9.95. The van der Waals surface area contributed by atoms with Crippen LogP contribution in [0, 0.1) is 0 Å². The van der Waals surface area contributed by atoms with E-state index in [-0.39, 0.29) is 19.3 Å². The number of benzene rings is 2. The second-order valence-electron chi connectivity index (χ2n) is 5.73. The van der Waals surface area contributed by atoms with Crippen LogP contribution in [0.25, 0.3) is 0 Å². The molecule has 0 radical (unpaired) electrons. The van der Waals surface area contributed by atoms with Crippen molar-refractivity contribution in [1.29, 1.82) is 0 Å². The predicted octanol–water partition coefficient (Wildman–Crippen LogP) is 0.891. The highest BCUT2D eigenvalue weighted by molar-refractivity contribution is 6.27. The molecule has 0 amide bonds. The third kappa shape index (κ3) is 9.24. The summed E-state index contributed by atoms with van der Waals surface area (Å²) in [6.07, 6.45) is -0.809. The molecule has 5 N–H and O–H groups in total. The standard InChI is InChI=1S/C18H23NO3.C2H2O4/c20-12-11-19-13-17(21)14-22-18(15-7-3-1-4-8-15)16-9-5-2-6-10-16;3-1(4)2(5)6/h1-10,17-21H,11-14H2;(H,3,4)(H,5,6). The van der Waals surface area contributed by atoms with Crippen LogP contribution in [0.3, 0.4) is 0 Å². The first-order valence-corrected chi connectivity index (χ1v) is 8.63. The Kier molecular flexibility index (Phi) is 11.1. The largest absolute Gasteiger partial charge is 0.473 e. The van der Waals surface area contributed by atoms with Crippen LogP contribution < -0.4 is 5.32 Å². The normalized spacial score (nSPS) is 11.4. The summed E-state index contributed by atoms with van der Waals surface area (Å²) in [6, 6.07) is 20.0. The van der Waals surface area contributed by atoms with Crippen molar-refractivity contribution in [3.05, 3.63) is 71.8 Å². The first-order chi connectivity index (χ1) is 13.5. The Morgan fingerprint density at radius 3 is 1.75 bits per heavy atom. The number of carboxylic acids is 2. The Balaban J connectivity index is 0.000000568. The Morgan fingerprint density at radius 2 is 1.36 bits per heavy atom. The van der Waals surface area contributed by atoms with Crippen LogP contribution in [0.1, 0.15) is 17.2 Å². The van der Waals surface area contributed by atoms with Crippen LogP contribution in [-0.2, 0) is 14.3 Å². The number of hydrogen-bond acceptors (Lipinski definition) is 6. The first-order valence-electron chi connectivity index (χ1n) is 8.63. The zero-order chi connectivity index (χ0) is 20.8. The average molecular weight is 391 g/mol. The summed E-state index contributed by atoms with van der Waals surface area (Å²) in [4.78, 5) is 18.2. The molecular weight excluding hydrogens is 366 g/mol. The van der Waals surface area contributed by atoms with Crippen molar-refractivity contribution in [2.45, 2.75) is 12.2 Å². The highest BCUT2D eigenvalue weighted by Gasteiger charge is 2.16. The Hall–Kier alpha value is -2.78. The molecule has 2 aromatic rings. The van der Waals surface area contributed by atoms with Gasteiger partial charge in [0, 0.05) is 13.1 Å². The van der Waals surface area contributed by atoms with E-state index in [0.717, 1.165) is 11.1 Å². The van der Waals surface area contributed by atoms with Gasteiger partial charge in [-0.3, -0.25) is 0 Å². The third-order valence-corrected chi connectivity index (χ3v) is 3.51. The number of carbonyl (C=O) groups is 2. The predicted molar refractivity (Wildman–Crippen MR) is 102 cm³/mol. The molecule has 152 valence electrons. The molecule has 2 rings (SSSR count). The van der Waals surface area contributed by atoms with E-state index in [0.29, 0.717) is 13.1 Å². The van der Waals surface area contributed by atoms with E-state index in [1.807, 2.05) is 60.7 Å². The Morgan fingerprint density at radius 1 is 0.893 bits per heavy atom. The van der Waals surface area contributed by atoms with Gasteiger partial charge in [-0.1, -0.05) is 60.7 Å². The number of rotatable bonds is 9. The molecule has 0 aliphatic rings. The molecule has 0 aliphatic carbocycles. The summed E-state index contributed by atoms with van der Waals surface area (Å²) in [6.45, 7) is 1.16. The summed E-state index contributed by atoms with van der Waals surface area (Å²) in [5, 5.41) is 36.4. The second kappa shape index (κ2) is 13.4. The number of ether oxygens (including phenoxy) is 1. The van der Waals surface area contributed by atoms with Gasteiger partial charge in [0.05, 0.1) is 19.3 Å². The van der Waals surface area contributed by atoms with Gasteiger partial charge in [-0.15, -0.1) is 0 Å². The quantitative estimate of drug-likeness (QED) is 0.314. The minimum atomic E-state index is -1.82. The van der Waals surface area contributed by atoms with E-state index >= 15 is 0 Å². The molecular formula is C20H25NO7. The Labute approximate surface area is 163 Å². The number of aliphatic hydroxyl groups excluding tert-OH is 2. The molecule has 0 spiro atoms. The lowest BCUT2D eigenvalue weighted by atomic mass is 10.0. The van der Waals surface area contributed by atoms with E-state index in [1.54, 1.807) is 0 Å². The van der Waals surface area contributed by atoms with Gasteiger partial charge in [-0.25, -0.2) is 9.59 Å². The molecule has 28 heavy (non-hydrogen) atoms. The van der Waals surface area contributed by atoms with Gasteiger partial charge in [0.25, 0.3) is 0 Å². The zero-order valence-corrected chi connectivity index (χ0v) is 15.3. The van der Waals surface area contributed by atoms with Crippen molar-refractivity contribution in [3.8, 4) is 0 Å². The van der Waals surface area contributed by atoms with Crippen LogP contribution in [0.5, 0.6) is 0 Å². The van der Waals surface area contributed by atoms with Crippen molar-refractivity contribution in [2.75, 3.05) is 26.3 Å². The van der Waals surface area contributed by atoms with Gasteiger partial charge >= 0.3 is 11.9 Å². The molecule has 0 aromatic heterocycles. The van der Waals surface area contributed by atoms with Crippen molar-refractivity contribution in [2.24, 2.45) is 0 Å². The van der Waals surface area contributed by atoms with Crippen molar-refractivity contribution < 1.29 is 34.8 Å². The molecule has 0 heterocycles. The minimum absolute atomic E-state index is 0.0598. The van der Waals surface area contributed by atoms with Crippen LogP contribution >= 0.6 is 0 Å². The molecule has 8 heteroatoms. The van der Waals surface area contributed by atoms with Gasteiger partial charge in [0.15, 0.2) is 0 Å². The van der Waals surface area contributed by atoms with Crippen LogP contribution in [-0.4, -0.2) is 64.8 Å². The highest BCUT2D eigenvalue weighted by atomic mass is 16.5. The van der Waals surface area contributed by atoms with Crippen molar-refractivity contribution in [1.82, 2.24) is 5.32 Å². The smallest absolute Gasteiger partial charge is 0.414 e. The number of hydrogen-bond donors (Lipinski definition) is 5. The van der Waals surface area contributed by atoms with Gasteiger partial charge in [0.1, 0.15) is 6.10 Å². The van der Waals surface area contributed by atoms with Crippen molar-refractivity contribution in [3.63, 3.8) is 0 Å². The van der Waals surface area contributed by atoms with E-state index in [2.05, 4.69) is 5.32 Å². The minimum Gasteiger partial charge on any atom is -0.473 e. The zero-order valence-electron chi connectivity index (χ0n) is 15.3. The first kappa shape index (κ1) is 23.3. The lowest BCUT2D eigenvalue weighted by Gasteiger charge is -2.21. The summed E-state index contributed by atoms with van der Waals surface area (Å²) < 4.78 is 5.95. The van der Waals surface area contributed by atoms with E-state index in [4.69, 9.17) is 29.6 Å². The summed E-state index contributed by atoms with van der Waals surface area (Å²) in [7, 11) is 0. The molecule has 0 aliphatic heterocycles. The highest BCUT2D eigenvalue weighted by Crippen LogP contribution is 2.25. The second-order valence-corrected chi connectivity index (χ2v) is 5.73. The monoisotopic (exact) mass is 391 g/mol. The van der Waals surface area contributed by atoms with Gasteiger partial charge in [-0.05, 0) is 11.1 Å². The fraction of sp³-hybridized carbons (Fsp3) is 0.300. The fourth-order valence-corrected chi connectivity index (χ4v) is 2.25. The number of aliphatic carboxylic acids is 2. The fourth-order valence-electron chi connectivity index (χ4n) is 2.25. The lowest BCUT2D eigenvalue weighted by molar-refractivity contribution is -0.159. The summed E-state index contributed by atoms with van der Waals surface area (Å²) in [5.74, 6) is -3.65. The van der Waals surface area contributed by atoms with Crippen LogP contribution in [0.2, 0.25) is 0 Å². The van der Waals surface area contributed by atoms with E-state index in [1.165, 1.54) is 0 Å². The molecule has 0 bridgehead atoms. The van der Waals surface area contributed by atoms with E-state index in [9.17, 15) is 5.11 Å². The lowest BCUT2D eigenvalue weighted by Crippen LogP contribution is -2.32. The van der Waals surface area contributed by atoms with Gasteiger partial charge < -0.3 is 30.5 Å². The molecule has 1 atom stereocenters. The third-order valence-electron chi connectivity index (χ3n) is 3.51. The number of nitrogens with one attached hydrogen (secondary N) is 1. The molecule has 0 saturated carbocycles. The molecule has 0 saturated heterocycles. The molecule has 1 unspecified atom stereocenters. The van der Waals surface area contributed by atoms with E-state index < -0.39 is 18.0 Å². The van der Waals surface area contributed by atoms with Crippen LogP contribution in [0.4, 0.5) is 0 Å². The maximum absolute atomic E-state index is 9.95. The maximum Gasteiger partial charge on any atom is 0.414 e. The SMILES string of the molecule is O=C(O)C(=O)O.OCCNCC(O)COC(c1ccccc1)c1ccccc1. The molecule has 8 nitrogen and oxygen atoms in total. The number of aliphatic hydroxyl groups is 2. The molecule has 2 aromatic carbocycles. The van der Waals surface area contributed by atoms with Crippen LogP contribution in [0.15, 0.2) is 60.7 Å².